The molecule has 0 aliphatic heterocycles. The first kappa shape index (κ1) is 27.7. The van der Waals surface area contributed by atoms with Gasteiger partial charge in [-0.25, -0.2) is 4.79 Å². The van der Waals surface area contributed by atoms with Crippen LogP contribution in [0.3, 0.4) is 0 Å². The highest BCUT2D eigenvalue weighted by Crippen LogP contribution is 2.33. The second-order valence-corrected chi connectivity index (χ2v) is 8.26. The molecule has 0 saturated carbocycles. The van der Waals surface area contributed by atoms with Crippen LogP contribution < -0.4 is 4.74 Å². The molecule has 0 aliphatic carbocycles. The molecule has 0 atom stereocenters. The average Bonchev–Trinajstić information content (AvgIpc) is 2.87. The number of methoxy groups -OCH3 is 1. The number of hydrogen-bond donors (Lipinski definition) is 1. The van der Waals surface area contributed by atoms with E-state index in [9.17, 15) is 23.1 Å². The van der Waals surface area contributed by atoms with Crippen molar-refractivity contribution in [3.63, 3.8) is 0 Å². The summed E-state index contributed by atoms with van der Waals surface area (Å²) in [6.07, 6.45) is 0.833. The molecule has 0 fully saturated rings. The Morgan fingerprint density at radius 1 is 1.03 bits per heavy atom. The fourth-order valence-corrected chi connectivity index (χ4v) is 3.68. The molecule has 0 radical (unpaired) electrons. The van der Waals surface area contributed by atoms with Gasteiger partial charge in [-0.2, -0.15) is 13.2 Å². The number of nitrogens with zero attached hydrogens (tertiary/aromatic N) is 1. The molecule has 0 amide bonds. The minimum Gasteiger partial charge on any atom is -0.491 e. The topological polar surface area (TPSA) is 68.7 Å². The van der Waals surface area contributed by atoms with Gasteiger partial charge in [0, 0.05) is 18.9 Å². The molecule has 2 aromatic carbocycles. The third-order valence-corrected chi connectivity index (χ3v) is 5.61. The molecule has 0 spiro atoms. The smallest absolute Gasteiger partial charge is 0.416 e. The first-order chi connectivity index (χ1) is 17.6. The highest BCUT2D eigenvalue weighted by molar-refractivity contribution is 6.18. The zero-order chi connectivity index (χ0) is 27.0. The van der Waals surface area contributed by atoms with Crippen molar-refractivity contribution in [3.8, 4) is 16.9 Å². The summed E-state index contributed by atoms with van der Waals surface area (Å²) in [5.74, 6) is -0.608. The maximum Gasteiger partial charge on any atom is 0.416 e. The number of halogens is 3. The number of benzene rings is 2. The van der Waals surface area contributed by atoms with Crippen LogP contribution in [-0.4, -0.2) is 36.4 Å². The molecule has 0 saturated heterocycles. The summed E-state index contributed by atoms with van der Waals surface area (Å²) in [6.45, 7) is 4.40. The Morgan fingerprint density at radius 2 is 1.73 bits per heavy atom. The number of alkyl halides is 3. The first-order valence-corrected chi connectivity index (χ1v) is 11.7. The largest absolute Gasteiger partial charge is 0.491 e. The highest BCUT2D eigenvalue weighted by atomic mass is 19.4. The Labute approximate surface area is 213 Å². The minimum atomic E-state index is -4.58. The van der Waals surface area contributed by atoms with E-state index < -0.39 is 17.7 Å². The predicted octanol–water partition coefficient (Wildman–Crippen LogP) is 7.06. The molecule has 3 aromatic rings. The van der Waals surface area contributed by atoms with Gasteiger partial charge < -0.3 is 14.6 Å². The molecule has 5 nitrogen and oxygen atoms in total. The molecule has 1 heterocycles. The van der Waals surface area contributed by atoms with E-state index in [0.29, 0.717) is 36.5 Å². The molecule has 8 heteroatoms. The Morgan fingerprint density at radius 3 is 2.30 bits per heavy atom. The number of hydrogen-bond acceptors (Lipinski definition) is 4. The van der Waals surface area contributed by atoms with Gasteiger partial charge in [0.1, 0.15) is 12.4 Å². The number of rotatable bonds is 10. The molecule has 37 heavy (non-hydrogen) atoms. The van der Waals surface area contributed by atoms with Gasteiger partial charge in [-0.15, -0.1) is 0 Å². The third-order valence-electron chi connectivity index (χ3n) is 5.61. The number of ether oxygens (including phenoxy) is 2. The van der Waals surface area contributed by atoms with Crippen LogP contribution in [0.1, 0.15) is 35.7 Å². The lowest BCUT2D eigenvalue weighted by atomic mass is 9.95. The quantitative estimate of drug-likeness (QED) is 0.179. The van der Waals surface area contributed by atoms with E-state index in [1.54, 1.807) is 32.4 Å². The Hall–Kier alpha value is -3.91. The molecule has 1 N–H and O–H groups in total. The first-order valence-electron chi connectivity index (χ1n) is 11.7. The van der Waals surface area contributed by atoms with Crippen molar-refractivity contribution in [1.29, 1.82) is 0 Å². The number of carboxylic acid groups (broad SMARTS) is 1. The van der Waals surface area contributed by atoms with Crippen molar-refractivity contribution in [2.75, 3.05) is 20.3 Å². The summed E-state index contributed by atoms with van der Waals surface area (Å²) in [6, 6.07) is 14.2. The zero-order valence-electron chi connectivity index (χ0n) is 20.8. The summed E-state index contributed by atoms with van der Waals surface area (Å²) in [7, 11) is 1.61. The molecule has 0 aliphatic rings. The SMILES string of the molecule is CC/C=C(/C=C(/C(=O)O)c1cc(C(F)(F)F)ccc1C)c1ccc(-c2ccc(OCCOC)cc2)cn1. The fraction of sp³-hybridized carbons (Fsp3) is 0.241. The van der Waals surface area contributed by atoms with Gasteiger partial charge in [0.2, 0.25) is 0 Å². The van der Waals surface area contributed by atoms with Gasteiger partial charge in [0.05, 0.1) is 23.4 Å². The van der Waals surface area contributed by atoms with E-state index in [0.717, 1.165) is 29.0 Å². The van der Waals surface area contributed by atoms with Crippen LogP contribution in [0, 0.1) is 6.92 Å². The van der Waals surface area contributed by atoms with Crippen LogP contribution in [-0.2, 0) is 15.7 Å². The third kappa shape index (κ3) is 7.30. The Bertz CT molecular complexity index is 1280. The van der Waals surface area contributed by atoms with Gasteiger partial charge in [-0.1, -0.05) is 37.3 Å². The lowest BCUT2D eigenvalue weighted by molar-refractivity contribution is -0.137. The van der Waals surface area contributed by atoms with Gasteiger partial charge in [-0.05, 0) is 72.0 Å². The molecular weight excluding hydrogens is 483 g/mol. The van der Waals surface area contributed by atoms with E-state index in [1.807, 2.05) is 37.3 Å². The standard InChI is InChI=1S/C29H28F3NO4/c1-4-5-21(16-26(28(34)35)25-17-23(29(30,31)32)10-6-19(25)2)27-13-9-22(18-33-27)20-7-11-24(12-8-20)37-15-14-36-3/h5-13,16-18H,4,14-15H2,1-3H3,(H,34,35)/b21-5-,26-16+. The van der Waals surface area contributed by atoms with Gasteiger partial charge in [0.15, 0.2) is 0 Å². The average molecular weight is 512 g/mol. The fourth-order valence-electron chi connectivity index (χ4n) is 3.68. The number of aryl methyl sites for hydroxylation is 1. The van der Waals surface area contributed by atoms with E-state index in [2.05, 4.69) is 4.98 Å². The van der Waals surface area contributed by atoms with E-state index in [4.69, 9.17) is 9.47 Å². The molecule has 1 aromatic heterocycles. The zero-order valence-corrected chi connectivity index (χ0v) is 20.8. The lowest BCUT2D eigenvalue weighted by Crippen LogP contribution is -2.08. The van der Waals surface area contributed by atoms with E-state index >= 15 is 0 Å². The van der Waals surface area contributed by atoms with Crippen molar-refractivity contribution in [2.24, 2.45) is 0 Å². The normalized spacial score (nSPS) is 12.5. The number of allylic oxidation sites excluding steroid dienone is 3. The molecule has 3 rings (SSSR count). The predicted molar refractivity (Wildman–Crippen MR) is 137 cm³/mol. The summed E-state index contributed by atoms with van der Waals surface area (Å²) in [5, 5.41) is 9.88. The van der Waals surface area contributed by atoms with Crippen LogP contribution in [0.5, 0.6) is 5.75 Å². The minimum absolute atomic E-state index is 0.00811. The highest BCUT2D eigenvalue weighted by Gasteiger charge is 2.31. The molecular formula is C29H28F3NO4. The van der Waals surface area contributed by atoms with Crippen molar-refractivity contribution in [3.05, 3.63) is 95.3 Å². The van der Waals surface area contributed by atoms with Crippen LogP contribution in [0.4, 0.5) is 13.2 Å². The van der Waals surface area contributed by atoms with Crippen LogP contribution >= 0.6 is 0 Å². The Balaban J connectivity index is 1.93. The molecule has 0 unspecified atom stereocenters. The number of aromatic nitrogens is 1. The molecule has 194 valence electrons. The second kappa shape index (κ2) is 12.4. The van der Waals surface area contributed by atoms with Crippen molar-refractivity contribution in [1.82, 2.24) is 4.98 Å². The second-order valence-electron chi connectivity index (χ2n) is 8.26. The van der Waals surface area contributed by atoms with Crippen LogP contribution in [0.2, 0.25) is 0 Å². The van der Waals surface area contributed by atoms with Crippen molar-refractivity contribution >= 4 is 17.1 Å². The van der Waals surface area contributed by atoms with Crippen molar-refractivity contribution < 1.29 is 32.5 Å². The van der Waals surface area contributed by atoms with E-state index in [1.165, 1.54) is 12.1 Å². The number of carbonyl (C=O) groups is 1. The maximum atomic E-state index is 13.3. The maximum absolute atomic E-state index is 13.3. The lowest BCUT2D eigenvalue weighted by Gasteiger charge is -2.13. The number of pyridine rings is 1. The summed E-state index contributed by atoms with van der Waals surface area (Å²) >= 11 is 0. The summed E-state index contributed by atoms with van der Waals surface area (Å²) in [5.41, 5.74) is 2.07. The summed E-state index contributed by atoms with van der Waals surface area (Å²) < 4.78 is 50.4. The Kier molecular flexibility index (Phi) is 9.25. The van der Waals surface area contributed by atoms with Gasteiger partial charge in [0.25, 0.3) is 0 Å². The van der Waals surface area contributed by atoms with Crippen molar-refractivity contribution in [2.45, 2.75) is 26.4 Å². The molecule has 0 bridgehead atoms. The van der Waals surface area contributed by atoms with Gasteiger partial charge in [-0.3, -0.25) is 4.98 Å². The van der Waals surface area contributed by atoms with Crippen LogP contribution in [0.15, 0.2) is 72.9 Å². The number of carboxylic acids is 1. The number of aliphatic carboxylic acids is 1. The van der Waals surface area contributed by atoms with Crippen LogP contribution in [0.25, 0.3) is 22.3 Å². The van der Waals surface area contributed by atoms with E-state index in [-0.39, 0.29) is 11.1 Å². The summed E-state index contributed by atoms with van der Waals surface area (Å²) in [4.78, 5) is 16.6. The van der Waals surface area contributed by atoms with Gasteiger partial charge >= 0.3 is 12.1 Å². The monoisotopic (exact) mass is 511 g/mol.